The quantitative estimate of drug-likeness (QED) is 0.317. The Bertz CT molecular complexity index is 523. The maximum atomic E-state index is 12.2. The van der Waals surface area contributed by atoms with Crippen molar-refractivity contribution in [1.82, 2.24) is 10.2 Å². The number of nitrogens with zero attached hydrogens (tertiary/aromatic N) is 4. The van der Waals surface area contributed by atoms with E-state index >= 15 is 0 Å². The number of aliphatic hydroxyl groups excluding tert-OH is 1. The Morgan fingerprint density at radius 1 is 1.68 bits per heavy atom. The lowest BCUT2D eigenvalue weighted by Crippen LogP contribution is -2.69. The lowest BCUT2D eigenvalue weighted by Gasteiger charge is -2.44. The van der Waals surface area contributed by atoms with Crippen LogP contribution in [-0.4, -0.2) is 64.6 Å². The summed E-state index contributed by atoms with van der Waals surface area (Å²) < 4.78 is 9.71. The van der Waals surface area contributed by atoms with Gasteiger partial charge in [0.25, 0.3) is 0 Å². The number of aliphatic hydroxyl groups is 1. The van der Waals surface area contributed by atoms with Gasteiger partial charge in [-0.1, -0.05) is 21.0 Å². The number of hydrogen-bond acceptors (Lipinski definition) is 6. The van der Waals surface area contributed by atoms with Gasteiger partial charge in [0, 0.05) is 18.4 Å². The van der Waals surface area contributed by atoms with Crippen LogP contribution in [0.5, 0.6) is 0 Å². The van der Waals surface area contributed by atoms with Gasteiger partial charge in [-0.2, -0.15) is 0 Å². The third-order valence-electron chi connectivity index (χ3n) is 3.73. The lowest BCUT2D eigenvalue weighted by atomic mass is 10.0. The molecule has 11 heteroatoms. The number of nitrogens with one attached hydrogen (secondary N) is 1. The highest BCUT2D eigenvalue weighted by Gasteiger charge is 2.54. The van der Waals surface area contributed by atoms with E-state index in [1.165, 1.54) is 12.0 Å². The second-order valence-electron chi connectivity index (χ2n) is 5.15. The molecular formula is C11H16BrN5O5. The largest absolute Gasteiger partial charge is 0.394 e. The van der Waals surface area contributed by atoms with Gasteiger partial charge >= 0.3 is 6.03 Å². The van der Waals surface area contributed by atoms with Crippen molar-refractivity contribution in [1.29, 1.82) is 0 Å². The zero-order valence-corrected chi connectivity index (χ0v) is 13.6. The van der Waals surface area contributed by atoms with Crippen molar-refractivity contribution in [2.24, 2.45) is 5.11 Å². The highest BCUT2D eigenvalue weighted by Crippen LogP contribution is 2.35. The van der Waals surface area contributed by atoms with Gasteiger partial charge in [-0.3, -0.25) is 15.0 Å². The lowest BCUT2D eigenvalue weighted by molar-refractivity contribution is -0.153. The van der Waals surface area contributed by atoms with E-state index in [0.29, 0.717) is 0 Å². The van der Waals surface area contributed by atoms with Crippen LogP contribution in [-0.2, 0) is 14.3 Å². The van der Waals surface area contributed by atoms with E-state index in [9.17, 15) is 14.7 Å². The second-order valence-corrected chi connectivity index (χ2v) is 6.80. The Balaban J connectivity index is 2.28. The first kappa shape index (κ1) is 17.0. The zero-order chi connectivity index (χ0) is 16.5. The molecule has 2 aliphatic heterocycles. The summed E-state index contributed by atoms with van der Waals surface area (Å²) in [7, 11) is 1.37. The Labute approximate surface area is 134 Å². The van der Waals surface area contributed by atoms with Crippen LogP contribution in [0.15, 0.2) is 5.11 Å². The molecule has 0 saturated carbocycles. The number of carbonyl (C=O) groups is 2. The third-order valence-corrected chi connectivity index (χ3v) is 4.48. The summed E-state index contributed by atoms with van der Waals surface area (Å²) in [5, 5.41) is 15.1. The molecule has 22 heavy (non-hydrogen) atoms. The first-order valence-electron chi connectivity index (χ1n) is 6.52. The van der Waals surface area contributed by atoms with Crippen LogP contribution in [0.25, 0.3) is 10.4 Å². The van der Waals surface area contributed by atoms with Gasteiger partial charge in [-0.05, 0) is 12.5 Å². The zero-order valence-electron chi connectivity index (χ0n) is 12.0. The monoisotopic (exact) mass is 377 g/mol. The van der Waals surface area contributed by atoms with Crippen molar-refractivity contribution >= 4 is 27.9 Å². The normalized spacial score (nSPS) is 38.6. The summed E-state index contributed by atoms with van der Waals surface area (Å²) in [6.45, 7) is 1.22. The molecule has 0 aromatic carbocycles. The molecule has 0 aliphatic carbocycles. The molecule has 2 saturated heterocycles. The van der Waals surface area contributed by atoms with Crippen LogP contribution in [0.4, 0.5) is 4.79 Å². The van der Waals surface area contributed by atoms with Gasteiger partial charge < -0.3 is 14.6 Å². The molecule has 0 aromatic heterocycles. The Morgan fingerprint density at radius 3 is 2.91 bits per heavy atom. The van der Waals surface area contributed by atoms with Crippen molar-refractivity contribution in [2.45, 2.75) is 42.3 Å². The molecule has 1 unspecified atom stereocenters. The summed E-state index contributed by atoms with van der Waals surface area (Å²) in [5.74, 6) is -0.524. The van der Waals surface area contributed by atoms with E-state index in [1.807, 2.05) is 0 Å². The minimum atomic E-state index is -1.16. The number of imide groups is 1. The average molecular weight is 378 g/mol. The molecule has 0 spiro atoms. The minimum absolute atomic E-state index is 0.194. The molecule has 3 amide bonds. The predicted molar refractivity (Wildman–Crippen MR) is 76.8 cm³/mol. The second kappa shape index (κ2) is 6.39. The Hall–Kier alpha value is -1.39. The van der Waals surface area contributed by atoms with Crippen LogP contribution < -0.4 is 5.32 Å². The molecule has 2 aliphatic rings. The molecule has 2 fully saturated rings. The molecule has 2 heterocycles. The molecule has 10 nitrogen and oxygen atoms in total. The number of ether oxygens (including phenoxy) is 2. The molecule has 2 rings (SSSR count). The van der Waals surface area contributed by atoms with E-state index < -0.39 is 40.9 Å². The predicted octanol–water partition coefficient (Wildman–Crippen LogP) is 0.451. The molecule has 0 bridgehead atoms. The summed E-state index contributed by atoms with van der Waals surface area (Å²) in [4.78, 5) is 28.0. The minimum Gasteiger partial charge on any atom is -0.394 e. The van der Waals surface area contributed by atoms with Crippen LogP contribution in [0.2, 0.25) is 0 Å². The van der Waals surface area contributed by atoms with E-state index in [0.717, 1.165) is 0 Å². The number of hydrogen-bond donors (Lipinski definition) is 2. The van der Waals surface area contributed by atoms with Crippen molar-refractivity contribution in [3.05, 3.63) is 10.4 Å². The SMILES string of the molecule is CO[C@H]1N([C@H]2CC(N=[N+]=[N-])[C@@H](CO)O2)C(=O)NC(=O)[C@]1(C)Br. The number of alkyl halides is 1. The summed E-state index contributed by atoms with van der Waals surface area (Å²) in [5.41, 5.74) is 8.56. The van der Waals surface area contributed by atoms with Crippen molar-refractivity contribution in [2.75, 3.05) is 13.7 Å². The maximum Gasteiger partial charge on any atom is 0.328 e. The van der Waals surface area contributed by atoms with Gasteiger partial charge in [-0.15, -0.1) is 0 Å². The van der Waals surface area contributed by atoms with E-state index in [1.54, 1.807) is 6.92 Å². The third kappa shape index (κ3) is 2.77. The number of amides is 3. The highest BCUT2D eigenvalue weighted by atomic mass is 79.9. The van der Waals surface area contributed by atoms with Crippen molar-refractivity contribution in [3.8, 4) is 0 Å². The van der Waals surface area contributed by atoms with E-state index in [-0.39, 0.29) is 13.0 Å². The van der Waals surface area contributed by atoms with Crippen LogP contribution >= 0.6 is 15.9 Å². The van der Waals surface area contributed by atoms with E-state index in [4.69, 9.17) is 15.0 Å². The van der Waals surface area contributed by atoms with Crippen LogP contribution in [0.3, 0.4) is 0 Å². The molecule has 0 aromatic rings. The number of urea groups is 1. The Kier molecular flexibility index (Phi) is 4.93. The number of azide groups is 1. The van der Waals surface area contributed by atoms with Crippen molar-refractivity contribution in [3.63, 3.8) is 0 Å². The number of carbonyl (C=O) groups excluding carboxylic acids is 2. The summed E-state index contributed by atoms with van der Waals surface area (Å²) in [6, 6.07) is -1.28. The van der Waals surface area contributed by atoms with Crippen LogP contribution in [0.1, 0.15) is 13.3 Å². The van der Waals surface area contributed by atoms with Gasteiger partial charge in [0.15, 0.2) is 6.23 Å². The van der Waals surface area contributed by atoms with Gasteiger partial charge in [-0.25, -0.2) is 4.79 Å². The number of rotatable bonds is 4. The standard InChI is InChI=1S/C11H16BrN5O5/c1-11(12)8(19)14-10(20)17(9(11)21-2)7-3-5(15-16-13)6(4-18)22-7/h5-7,9,18H,3-4H2,1-2H3,(H,14,19,20)/t5?,6-,7-,9-,11+/m1/s1. The fourth-order valence-corrected chi connectivity index (χ4v) is 3.13. The van der Waals surface area contributed by atoms with Gasteiger partial charge in [0.1, 0.15) is 10.6 Å². The molecule has 5 atom stereocenters. The smallest absolute Gasteiger partial charge is 0.328 e. The molecule has 2 N–H and O–H groups in total. The fourth-order valence-electron chi connectivity index (χ4n) is 2.62. The topological polar surface area (TPSA) is 137 Å². The highest BCUT2D eigenvalue weighted by molar-refractivity contribution is 9.10. The maximum absolute atomic E-state index is 12.2. The first-order chi connectivity index (χ1) is 10.4. The number of halogens is 1. The summed E-state index contributed by atoms with van der Waals surface area (Å²) >= 11 is 3.26. The molecular weight excluding hydrogens is 362 g/mol. The molecule has 0 radical (unpaired) electrons. The number of methoxy groups -OCH3 is 1. The van der Waals surface area contributed by atoms with Gasteiger partial charge in [0.2, 0.25) is 5.91 Å². The first-order valence-corrected chi connectivity index (χ1v) is 7.32. The molecule has 122 valence electrons. The van der Waals surface area contributed by atoms with Gasteiger partial charge in [0.05, 0.1) is 18.8 Å². The average Bonchev–Trinajstić information content (AvgIpc) is 2.85. The Morgan fingerprint density at radius 2 is 2.36 bits per heavy atom. The van der Waals surface area contributed by atoms with Crippen molar-refractivity contribution < 1.29 is 24.2 Å². The van der Waals surface area contributed by atoms with E-state index in [2.05, 4.69) is 31.3 Å². The summed E-state index contributed by atoms with van der Waals surface area (Å²) in [6.07, 6.45) is -2.23. The van der Waals surface area contributed by atoms with Crippen LogP contribution in [0, 0.1) is 0 Å². The fraction of sp³-hybridized carbons (Fsp3) is 0.818.